The van der Waals surface area contributed by atoms with Gasteiger partial charge in [-0.15, -0.1) is 11.3 Å². The first-order chi connectivity index (χ1) is 9.61. The first kappa shape index (κ1) is 14.8. The Labute approximate surface area is 129 Å². The van der Waals surface area contributed by atoms with Crippen LogP contribution in [0.25, 0.3) is 0 Å². The van der Waals surface area contributed by atoms with Gasteiger partial charge in [0.25, 0.3) is 0 Å². The molecule has 20 heavy (non-hydrogen) atoms. The smallest absolute Gasteiger partial charge is 0.340 e. The predicted molar refractivity (Wildman–Crippen MR) is 84.2 cm³/mol. The molecule has 0 saturated carbocycles. The van der Waals surface area contributed by atoms with Crippen molar-refractivity contribution in [3.8, 4) is 0 Å². The van der Waals surface area contributed by atoms with Gasteiger partial charge in [-0.3, -0.25) is 0 Å². The van der Waals surface area contributed by atoms with E-state index in [1.54, 1.807) is 17.4 Å². The normalized spacial score (nSPS) is 10.3. The summed E-state index contributed by atoms with van der Waals surface area (Å²) in [6.07, 6.45) is 2.40. The number of esters is 1. The van der Waals surface area contributed by atoms with Crippen LogP contribution in [0.2, 0.25) is 0 Å². The number of rotatable bonds is 5. The zero-order valence-corrected chi connectivity index (χ0v) is 13.3. The SMILES string of the molecule is COC(=O)c1ccnc(NCCc2ccc(Br)s2)c1N. The monoisotopic (exact) mass is 355 g/mol. The van der Waals surface area contributed by atoms with E-state index in [-0.39, 0.29) is 0 Å². The molecule has 0 aliphatic rings. The van der Waals surface area contributed by atoms with Gasteiger partial charge in [0.1, 0.15) is 5.82 Å². The fourth-order valence-corrected chi connectivity index (χ4v) is 3.17. The molecular weight excluding hydrogens is 342 g/mol. The van der Waals surface area contributed by atoms with E-state index in [1.165, 1.54) is 18.2 Å². The largest absolute Gasteiger partial charge is 0.465 e. The minimum Gasteiger partial charge on any atom is -0.465 e. The number of ether oxygens (including phenoxy) is 1. The lowest BCUT2D eigenvalue weighted by Gasteiger charge is -2.10. The standard InChI is InChI=1S/C13H14BrN3O2S/c1-19-13(18)9-5-7-17-12(11(9)15)16-6-4-8-2-3-10(14)20-8/h2-3,5,7H,4,6,15H2,1H3,(H,16,17). The van der Waals surface area contributed by atoms with E-state index in [9.17, 15) is 4.79 Å². The molecular formula is C13H14BrN3O2S. The lowest BCUT2D eigenvalue weighted by molar-refractivity contribution is 0.0602. The van der Waals surface area contributed by atoms with Crippen LogP contribution in [0.5, 0.6) is 0 Å². The summed E-state index contributed by atoms with van der Waals surface area (Å²) < 4.78 is 5.78. The molecule has 0 aliphatic heterocycles. The number of pyridine rings is 1. The number of halogens is 1. The van der Waals surface area contributed by atoms with Gasteiger partial charge < -0.3 is 15.8 Å². The highest BCUT2D eigenvalue weighted by atomic mass is 79.9. The third kappa shape index (κ3) is 3.49. The topological polar surface area (TPSA) is 77.2 Å². The van der Waals surface area contributed by atoms with Gasteiger partial charge in [-0.2, -0.15) is 0 Å². The highest BCUT2D eigenvalue weighted by molar-refractivity contribution is 9.11. The van der Waals surface area contributed by atoms with E-state index >= 15 is 0 Å². The summed E-state index contributed by atoms with van der Waals surface area (Å²) in [7, 11) is 1.32. The maximum absolute atomic E-state index is 11.5. The van der Waals surface area contributed by atoms with Crippen molar-refractivity contribution in [1.29, 1.82) is 0 Å². The molecule has 2 aromatic rings. The minimum atomic E-state index is -0.463. The fourth-order valence-electron chi connectivity index (χ4n) is 1.69. The number of aromatic nitrogens is 1. The van der Waals surface area contributed by atoms with Gasteiger partial charge in [0.15, 0.2) is 0 Å². The van der Waals surface area contributed by atoms with Crippen molar-refractivity contribution in [3.63, 3.8) is 0 Å². The third-order valence-electron chi connectivity index (χ3n) is 2.69. The van der Waals surface area contributed by atoms with Crippen molar-refractivity contribution in [3.05, 3.63) is 38.6 Å². The number of nitrogens with two attached hydrogens (primary N) is 1. The first-order valence-corrected chi connectivity index (χ1v) is 7.53. The summed E-state index contributed by atoms with van der Waals surface area (Å²) in [5, 5.41) is 3.14. The zero-order chi connectivity index (χ0) is 14.5. The van der Waals surface area contributed by atoms with E-state index in [4.69, 9.17) is 5.73 Å². The maximum atomic E-state index is 11.5. The predicted octanol–water partition coefficient (Wildman–Crippen LogP) is 2.93. The number of nitrogens with one attached hydrogen (secondary N) is 1. The Kier molecular flexibility index (Phi) is 4.97. The minimum absolute atomic E-state index is 0.312. The molecule has 0 atom stereocenters. The number of nitrogen functional groups attached to an aromatic ring is 1. The van der Waals surface area contributed by atoms with Crippen LogP contribution in [-0.4, -0.2) is 24.6 Å². The molecule has 0 aliphatic carbocycles. The molecule has 0 spiro atoms. The average Bonchev–Trinajstić information content (AvgIpc) is 2.85. The molecule has 2 heterocycles. The number of methoxy groups -OCH3 is 1. The summed E-state index contributed by atoms with van der Waals surface area (Å²) >= 11 is 5.12. The lowest BCUT2D eigenvalue weighted by Crippen LogP contribution is -2.12. The molecule has 7 heteroatoms. The number of carbonyl (C=O) groups excluding carboxylic acids is 1. The summed E-state index contributed by atoms with van der Waals surface area (Å²) in [4.78, 5) is 16.9. The third-order valence-corrected chi connectivity index (χ3v) is 4.37. The Morgan fingerprint density at radius 2 is 2.30 bits per heavy atom. The van der Waals surface area contributed by atoms with Crippen LogP contribution in [0.3, 0.4) is 0 Å². The van der Waals surface area contributed by atoms with E-state index in [2.05, 4.69) is 37.0 Å². The second-order valence-electron chi connectivity index (χ2n) is 3.99. The molecule has 0 amide bonds. The summed E-state index contributed by atoms with van der Waals surface area (Å²) in [5.74, 6) is 0.0404. The molecule has 0 radical (unpaired) electrons. The van der Waals surface area contributed by atoms with Crippen LogP contribution in [0.1, 0.15) is 15.2 Å². The molecule has 2 rings (SSSR count). The maximum Gasteiger partial charge on any atom is 0.340 e. The van der Waals surface area contributed by atoms with Crippen molar-refractivity contribution < 1.29 is 9.53 Å². The van der Waals surface area contributed by atoms with E-state index < -0.39 is 5.97 Å². The highest BCUT2D eigenvalue weighted by Gasteiger charge is 2.13. The number of hydrogen-bond acceptors (Lipinski definition) is 6. The van der Waals surface area contributed by atoms with E-state index in [0.29, 0.717) is 23.6 Å². The van der Waals surface area contributed by atoms with E-state index in [1.807, 2.05) is 6.07 Å². The average molecular weight is 356 g/mol. The number of hydrogen-bond donors (Lipinski definition) is 2. The summed E-state index contributed by atoms with van der Waals surface area (Å²) in [5.41, 5.74) is 6.55. The van der Waals surface area contributed by atoms with Gasteiger partial charge in [0, 0.05) is 17.6 Å². The molecule has 0 unspecified atom stereocenters. The number of anilines is 2. The van der Waals surface area contributed by atoms with Crippen molar-refractivity contribution >= 4 is 44.7 Å². The van der Waals surface area contributed by atoms with Gasteiger partial charge in [0.2, 0.25) is 0 Å². The highest BCUT2D eigenvalue weighted by Crippen LogP contribution is 2.23. The van der Waals surface area contributed by atoms with Gasteiger partial charge in [-0.05, 0) is 40.5 Å². The summed E-state index contributed by atoms with van der Waals surface area (Å²) in [6.45, 7) is 0.689. The van der Waals surface area contributed by atoms with Gasteiger partial charge >= 0.3 is 5.97 Å². The van der Waals surface area contributed by atoms with Gasteiger partial charge in [0.05, 0.1) is 22.1 Å². The Hall–Kier alpha value is -1.60. The molecule has 106 valence electrons. The zero-order valence-electron chi connectivity index (χ0n) is 10.9. The molecule has 0 fully saturated rings. The van der Waals surface area contributed by atoms with Crippen molar-refractivity contribution in [2.75, 3.05) is 24.7 Å². The van der Waals surface area contributed by atoms with Crippen molar-refractivity contribution in [2.24, 2.45) is 0 Å². The first-order valence-electron chi connectivity index (χ1n) is 5.92. The van der Waals surface area contributed by atoms with Crippen LogP contribution >= 0.6 is 27.3 Å². The Morgan fingerprint density at radius 3 is 2.95 bits per heavy atom. The molecule has 0 bridgehead atoms. The second kappa shape index (κ2) is 6.71. The molecule has 0 saturated heterocycles. The van der Waals surface area contributed by atoms with Crippen LogP contribution in [-0.2, 0) is 11.2 Å². The Morgan fingerprint density at radius 1 is 1.50 bits per heavy atom. The number of carbonyl (C=O) groups is 1. The van der Waals surface area contributed by atoms with Crippen molar-refractivity contribution in [1.82, 2.24) is 4.98 Å². The Bertz CT molecular complexity index is 615. The van der Waals surface area contributed by atoms with Crippen LogP contribution in [0.4, 0.5) is 11.5 Å². The molecule has 0 aromatic carbocycles. The quantitative estimate of drug-likeness (QED) is 0.806. The summed E-state index contributed by atoms with van der Waals surface area (Å²) in [6, 6.07) is 5.63. The number of nitrogens with zero attached hydrogens (tertiary/aromatic N) is 1. The second-order valence-corrected chi connectivity index (χ2v) is 6.54. The van der Waals surface area contributed by atoms with Crippen LogP contribution in [0.15, 0.2) is 28.2 Å². The van der Waals surface area contributed by atoms with Gasteiger partial charge in [-0.1, -0.05) is 0 Å². The van der Waals surface area contributed by atoms with Crippen LogP contribution < -0.4 is 11.1 Å². The lowest BCUT2D eigenvalue weighted by atomic mass is 10.2. The fraction of sp³-hybridized carbons (Fsp3) is 0.231. The van der Waals surface area contributed by atoms with Crippen molar-refractivity contribution in [2.45, 2.75) is 6.42 Å². The molecule has 5 nitrogen and oxygen atoms in total. The Balaban J connectivity index is 2.01. The van der Waals surface area contributed by atoms with Gasteiger partial charge in [-0.25, -0.2) is 9.78 Å². The number of thiophene rings is 1. The molecule has 3 N–H and O–H groups in total. The van der Waals surface area contributed by atoms with Crippen LogP contribution in [0, 0.1) is 0 Å². The molecule has 2 aromatic heterocycles. The van der Waals surface area contributed by atoms with E-state index in [0.717, 1.165) is 10.2 Å².